The van der Waals surface area contributed by atoms with E-state index in [-0.39, 0.29) is 11.9 Å². The minimum absolute atomic E-state index is 0.262. The molecule has 8 nitrogen and oxygen atoms in total. The Morgan fingerprint density at radius 2 is 2.21 bits per heavy atom. The number of likely N-dealkylation sites (N-methyl/N-ethyl adjacent to an activating group) is 1. The van der Waals surface area contributed by atoms with Crippen molar-refractivity contribution in [3.8, 4) is 0 Å². The monoisotopic (exact) mass is 405 g/mol. The summed E-state index contributed by atoms with van der Waals surface area (Å²) in [6.07, 6.45) is 2.52. The number of aromatic amines is 1. The number of nitrogens with one attached hydrogen (secondary N) is 3. The molecule has 0 unspecified atom stereocenters. The summed E-state index contributed by atoms with van der Waals surface area (Å²) < 4.78 is 0. The fraction of sp³-hybridized carbons (Fsp3) is 0.200. The molecule has 0 aliphatic carbocycles. The second-order valence-electron chi connectivity index (χ2n) is 6.89. The second-order valence-corrected chi connectivity index (χ2v) is 7.93. The van der Waals surface area contributed by atoms with Gasteiger partial charge in [0.25, 0.3) is 5.91 Å². The first-order valence-corrected chi connectivity index (χ1v) is 10.2. The summed E-state index contributed by atoms with van der Waals surface area (Å²) in [5.74, 6) is 1.65. The molecular formula is C20H19N7OS. The molecule has 1 aliphatic rings. The van der Waals surface area contributed by atoms with Gasteiger partial charge >= 0.3 is 0 Å². The van der Waals surface area contributed by atoms with E-state index in [0.717, 1.165) is 41.1 Å². The van der Waals surface area contributed by atoms with Gasteiger partial charge < -0.3 is 10.2 Å². The topological polar surface area (TPSA) is 98.8 Å². The maximum Gasteiger partial charge on any atom is 0.258 e. The van der Waals surface area contributed by atoms with Crippen LogP contribution in [0.2, 0.25) is 0 Å². The number of carbonyl (C=O) groups is 1. The zero-order chi connectivity index (χ0) is 19.8. The van der Waals surface area contributed by atoms with E-state index in [1.807, 2.05) is 25.2 Å². The second kappa shape index (κ2) is 7.17. The normalized spacial score (nSPS) is 12.9. The molecular weight excluding hydrogens is 386 g/mol. The van der Waals surface area contributed by atoms with Crippen molar-refractivity contribution in [2.75, 3.05) is 29.1 Å². The number of fused-ring (bicyclic) bond motifs is 2. The number of hydrogen-bond donors (Lipinski definition) is 3. The number of hydrogen-bond acceptors (Lipinski definition) is 7. The van der Waals surface area contributed by atoms with E-state index >= 15 is 0 Å². The maximum absolute atomic E-state index is 12.9. The van der Waals surface area contributed by atoms with Crippen LogP contribution in [0.4, 0.5) is 17.6 Å². The number of aromatic nitrogens is 4. The third-order valence-corrected chi connectivity index (χ3v) is 5.89. The van der Waals surface area contributed by atoms with Gasteiger partial charge in [0.1, 0.15) is 11.6 Å². The summed E-state index contributed by atoms with van der Waals surface area (Å²) in [5, 5.41) is 16.0. The summed E-state index contributed by atoms with van der Waals surface area (Å²) in [4.78, 5) is 25.4. The number of thiophene rings is 1. The number of H-pyrrole nitrogens is 1. The maximum atomic E-state index is 12.9. The first-order chi connectivity index (χ1) is 14.2. The van der Waals surface area contributed by atoms with Crippen LogP contribution in [0.3, 0.4) is 0 Å². The Bertz CT molecular complexity index is 1180. The highest BCUT2D eigenvalue weighted by molar-refractivity contribution is 7.09. The molecule has 0 saturated heterocycles. The van der Waals surface area contributed by atoms with E-state index < -0.39 is 0 Å². The lowest BCUT2D eigenvalue weighted by molar-refractivity contribution is 0.102. The Kier molecular flexibility index (Phi) is 4.36. The van der Waals surface area contributed by atoms with Crippen LogP contribution in [0.5, 0.6) is 0 Å². The number of nitrogens with zero attached hydrogens (tertiary/aromatic N) is 4. The average Bonchev–Trinajstić information content (AvgIpc) is 3.47. The standard InChI is InChI=1S/C20H19N7OS/c1-27-8-7-14-17(21-10-12-4-3-9-29-12)23-20(24-18(14)27)25-19(28)13-5-2-6-16-15(13)11-22-26-16/h2-6,9,11H,7-8,10H2,1H3,(H,22,26)(H2,21,23,24,25,28). The smallest absolute Gasteiger partial charge is 0.258 e. The predicted molar refractivity (Wildman–Crippen MR) is 115 cm³/mol. The Balaban J connectivity index is 1.45. The molecule has 0 spiro atoms. The molecule has 4 aromatic rings. The van der Waals surface area contributed by atoms with Crippen molar-refractivity contribution in [2.45, 2.75) is 13.0 Å². The Morgan fingerprint density at radius 1 is 1.28 bits per heavy atom. The molecule has 146 valence electrons. The summed E-state index contributed by atoms with van der Waals surface area (Å²) >= 11 is 1.70. The highest BCUT2D eigenvalue weighted by Crippen LogP contribution is 2.31. The van der Waals surface area contributed by atoms with Crippen LogP contribution in [0, 0.1) is 0 Å². The number of anilines is 3. The SMILES string of the molecule is CN1CCc2c(NCc3cccs3)nc(NC(=O)c3cccc4[nH]ncc34)nc21. The molecule has 0 radical (unpaired) electrons. The van der Waals surface area contributed by atoms with Gasteiger partial charge in [0.05, 0.1) is 23.8 Å². The molecule has 0 atom stereocenters. The molecule has 4 heterocycles. The number of benzene rings is 1. The van der Waals surface area contributed by atoms with Crippen molar-refractivity contribution in [1.82, 2.24) is 20.2 Å². The molecule has 0 bridgehead atoms. The van der Waals surface area contributed by atoms with Crippen LogP contribution in [-0.4, -0.2) is 39.7 Å². The van der Waals surface area contributed by atoms with Crippen molar-refractivity contribution >= 4 is 45.7 Å². The van der Waals surface area contributed by atoms with Crippen LogP contribution >= 0.6 is 11.3 Å². The number of amides is 1. The highest BCUT2D eigenvalue weighted by atomic mass is 32.1. The van der Waals surface area contributed by atoms with Crippen LogP contribution in [0.1, 0.15) is 20.8 Å². The molecule has 1 aliphatic heterocycles. The van der Waals surface area contributed by atoms with Crippen molar-refractivity contribution in [3.05, 3.63) is 57.9 Å². The summed E-state index contributed by atoms with van der Waals surface area (Å²) in [5.41, 5.74) is 2.42. The zero-order valence-electron chi connectivity index (χ0n) is 15.8. The summed E-state index contributed by atoms with van der Waals surface area (Å²) in [6.45, 7) is 1.57. The van der Waals surface area contributed by atoms with E-state index in [2.05, 4.69) is 47.1 Å². The van der Waals surface area contributed by atoms with Crippen molar-refractivity contribution in [2.24, 2.45) is 0 Å². The first-order valence-electron chi connectivity index (χ1n) is 9.31. The minimum Gasteiger partial charge on any atom is -0.365 e. The van der Waals surface area contributed by atoms with Gasteiger partial charge in [-0.3, -0.25) is 15.2 Å². The van der Waals surface area contributed by atoms with Crippen LogP contribution in [-0.2, 0) is 13.0 Å². The van der Waals surface area contributed by atoms with Gasteiger partial charge in [0, 0.05) is 29.4 Å². The molecule has 0 fully saturated rings. The molecule has 3 N–H and O–H groups in total. The molecule has 0 saturated carbocycles. The Hall–Kier alpha value is -3.46. The van der Waals surface area contributed by atoms with Crippen molar-refractivity contribution in [3.63, 3.8) is 0 Å². The van der Waals surface area contributed by atoms with Gasteiger partial charge in [-0.1, -0.05) is 12.1 Å². The molecule has 1 aromatic carbocycles. The molecule has 29 heavy (non-hydrogen) atoms. The molecule has 5 rings (SSSR count). The van der Waals surface area contributed by atoms with Crippen molar-refractivity contribution < 1.29 is 4.79 Å². The molecule has 9 heteroatoms. The molecule has 1 amide bonds. The van der Waals surface area contributed by atoms with E-state index in [0.29, 0.717) is 12.1 Å². The fourth-order valence-corrected chi connectivity index (χ4v) is 4.17. The van der Waals surface area contributed by atoms with Crippen LogP contribution < -0.4 is 15.5 Å². The lowest BCUT2D eigenvalue weighted by Gasteiger charge is -2.15. The predicted octanol–water partition coefficient (Wildman–Crippen LogP) is 3.27. The largest absolute Gasteiger partial charge is 0.365 e. The van der Waals surface area contributed by atoms with Crippen LogP contribution in [0.15, 0.2) is 41.9 Å². The lowest BCUT2D eigenvalue weighted by atomic mass is 10.1. The van der Waals surface area contributed by atoms with Gasteiger partial charge in [0.15, 0.2) is 0 Å². The van der Waals surface area contributed by atoms with E-state index in [1.54, 1.807) is 23.6 Å². The summed E-state index contributed by atoms with van der Waals surface area (Å²) in [6, 6.07) is 9.58. The minimum atomic E-state index is -0.262. The quantitative estimate of drug-likeness (QED) is 0.471. The third kappa shape index (κ3) is 3.29. The summed E-state index contributed by atoms with van der Waals surface area (Å²) in [7, 11) is 2.00. The van der Waals surface area contributed by atoms with Gasteiger partial charge in [0.2, 0.25) is 5.95 Å². The Morgan fingerprint density at radius 3 is 3.07 bits per heavy atom. The average molecular weight is 405 g/mol. The number of rotatable bonds is 5. The molecule has 3 aromatic heterocycles. The van der Waals surface area contributed by atoms with Gasteiger partial charge in [-0.15, -0.1) is 11.3 Å². The van der Waals surface area contributed by atoms with E-state index in [9.17, 15) is 4.79 Å². The first kappa shape index (κ1) is 17.6. The van der Waals surface area contributed by atoms with Gasteiger partial charge in [-0.2, -0.15) is 15.1 Å². The lowest BCUT2D eigenvalue weighted by Crippen LogP contribution is -2.18. The van der Waals surface area contributed by atoms with E-state index in [1.165, 1.54) is 4.88 Å². The number of carbonyl (C=O) groups excluding carboxylic acids is 1. The van der Waals surface area contributed by atoms with Gasteiger partial charge in [-0.05, 0) is 30.0 Å². The Labute approximate surface area is 171 Å². The van der Waals surface area contributed by atoms with Crippen molar-refractivity contribution in [1.29, 1.82) is 0 Å². The van der Waals surface area contributed by atoms with E-state index in [4.69, 9.17) is 0 Å². The highest BCUT2D eigenvalue weighted by Gasteiger charge is 2.24. The van der Waals surface area contributed by atoms with Gasteiger partial charge in [-0.25, -0.2) is 0 Å². The fourth-order valence-electron chi connectivity index (χ4n) is 3.52. The third-order valence-electron chi connectivity index (χ3n) is 5.01. The van der Waals surface area contributed by atoms with Crippen LogP contribution in [0.25, 0.3) is 10.9 Å². The zero-order valence-corrected chi connectivity index (χ0v) is 16.6.